The van der Waals surface area contributed by atoms with Crippen LogP contribution in [0, 0.1) is 5.41 Å². The summed E-state index contributed by atoms with van der Waals surface area (Å²) >= 11 is 0. The van der Waals surface area contributed by atoms with Crippen molar-refractivity contribution in [2.24, 2.45) is 22.9 Å². The Labute approximate surface area is 156 Å². The molecule has 3 unspecified atom stereocenters. The fourth-order valence-corrected chi connectivity index (χ4v) is 1.52. The Hall–Kier alpha value is -2.93. The van der Waals surface area contributed by atoms with Crippen LogP contribution in [0.25, 0.3) is 0 Å². The molecule has 0 fully saturated rings. The molecule has 0 saturated carbocycles. The van der Waals surface area contributed by atoms with Gasteiger partial charge in [0.2, 0.25) is 11.8 Å². The van der Waals surface area contributed by atoms with Gasteiger partial charge in [-0.1, -0.05) is 0 Å². The molecule has 27 heavy (non-hydrogen) atoms. The summed E-state index contributed by atoms with van der Waals surface area (Å²) in [6.07, 6.45) is 0.835. The summed E-state index contributed by atoms with van der Waals surface area (Å²) in [6.45, 7) is 1.92. The van der Waals surface area contributed by atoms with Gasteiger partial charge in [0.05, 0.1) is 6.04 Å². The largest absolute Gasteiger partial charge is 0.480 e. The summed E-state index contributed by atoms with van der Waals surface area (Å²) in [4.78, 5) is 42.4. The zero-order valence-corrected chi connectivity index (χ0v) is 15.1. The third-order valence-electron chi connectivity index (χ3n) is 3.03. The highest BCUT2D eigenvalue weighted by Gasteiger charge is 2.21. The average molecular weight is 391 g/mol. The van der Waals surface area contributed by atoms with E-state index in [2.05, 4.69) is 10.6 Å². The highest BCUT2D eigenvalue weighted by Crippen LogP contribution is 1.97. The van der Waals surface area contributed by atoms with Crippen molar-refractivity contribution in [2.75, 3.05) is 6.54 Å². The molecule has 3 atom stereocenters. The van der Waals surface area contributed by atoms with Crippen molar-refractivity contribution < 1.29 is 29.4 Å². The fourth-order valence-electron chi connectivity index (χ4n) is 1.52. The van der Waals surface area contributed by atoms with E-state index in [-0.39, 0.29) is 18.8 Å². The van der Waals surface area contributed by atoms with Gasteiger partial charge in [-0.2, -0.15) is 0 Å². The first-order chi connectivity index (χ1) is 12.4. The predicted molar refractivity (Wildman–Crippen MR) is 96.4 cm³/mol. The van der Waals surface area contributed by atoms with Crippen LogP contribution < -0.4 is 33.6 Å². The molecule has 0 aliphatic carbocycles. The van der Waals surface area contributed by atoms with Crippen molar-refractivity contribution in [3.63, 3.8) is 0 Å². The molecule has 0 saturated heterocycles. The SMILES string of the molecule is CC(N)C(=O)NC(CCC(N)=O)C(=O)O.N=C(N)NCCCC(N)C(=O)O. The molecule has 0 aliphatic rings. The topological polar surface area (TPSA) is 261 Å². The van der Waals surface area contributed by atoms with Gasteiger partial charge in [0.1, 0.15) is 12.1 Å². The molecule has 0 heterocycles. The molecule has 0 rings (SSSR count). The second-order valence-electron chi connectivity index (χ2n) is 5.62. The Morgan fingerprint density at radius 3 is 1.96 bits per heavy atom. The van der Waals surface area contributed by atoms with Crippen molar-refractivity contribution >= 4 is 29.7 Å². The third kappa shape index (κ3) is 16.3. The van der Waals surface area contributed by atoms with Gasteiger partial charge in [0.15, 0.2) is 5.96 Å². The summed E-state index contributed by atoms with van der Waals surface area (Å²) < 4.78 is 0. The van der Waals surface area contributed by atoms with Crippen LogP contribution in [0.4, 0.5) is 0 Å². The first-order valence-corrected chi connectivity index (χ1v) is 8.01. The van der Waals surface area contributed by atoms with Crippen LogP contribution in [-0.4, -0.2) is 64.6 Å². The van der Waals surface area contributed by atoms with Crippen LogP contribution in [0.5, 0.6) is 0 Å². The van der Waals surface area contributed by atoms with E-state index in [0.717, 1.165) is 0 Å². The number of guanidine groups is 1. The van der Waals surface area contributed by atoms with Crippen molar-refractivity contribution in [2.45, 2.75) is 50.7 Å². The number of aliphatic carboxylic acids is 2. The molecular weight excluding hydrogens is 362 g/mol. The Morgan fingerprint density at radius 1 is 1.04 bits per heavy atom. The summed E-state index contributed by atoms with van der Waals surface area (Å²) in [6, 6.07) is -2.74. The minimum absolute atomic E-state index is 0.0386. The monoisotopic (exact) mass is 391 g/mol. The molecule has 0 aromatic rings. The molecule has 156 valence electrons. The predicted octanol–water partition coefficient (Wildman–Crippen LogP) is -3.17. The first-order valence-electron chi connectivity index (χ1n) is 8.01. The highest BCUT2D eigenvalue weighted by atomic mass is 16.4. The minimum atomic E-state index is -1.22. The fraction of sp³-hybridized carbons (Fsp3) is 0.643. The molecule has 13 nitrogen and oxygen atoms in total. The Kier molecular flexibility index (Phi) is 13.9. The molecule has 0 bridgehead atoms. The van der Waals surface area contributed by atoms with E-state index in [1.54, 1.807) is 0 Å². The van der Waals surface area contributed by atoms with Gasteiger partial charge < -0.3 is 43.8 Å². The maximum absolute atomic E-state index is 11.1. The van der Waals surface area contributed by atoms with Gasteiger partial charge >= 0.3 is 11.9 Å². The number of hydrogen-bond donors (Lipinski definition) is 9. The van der Waals surface area contributed by atoms with Gasteiger partial charge in [-0.25, -0.2) is 4.79 Å². The zero-order valence-electron chi connectivity index (χ0n) is 15.1. The minimum Gasteiger partial charge on any atom is -0.480 e. The molecular formula is C14H29N7O6. The molecule has 0 aliphatic heterocycles. The maximum atomic E-state index is 11.1. The Morgan fingerprint density at radius 2 is 1.59 bits per heavy atom. The summed E-state index contributed by atoms with van der Waals surface area (Å²) in [5.74, 6) is -3.52. The van der Waals surface area contributed by atoms with Crippen LogP contribution in [-0.2, 0) is 19.2 Å². The molecule has 2 amide bonds. The van der Waals surface area contributed by atoms with Crippen molar-refractivity contribution in [3.05, 3.63) is 0 Å². The standard InChI is InChI=1S/C8H15N3O4.C6H14N4O2/c1-4(9)7(13)11-5(8(14)15)2-3-6(10)12;7-4(5(11)12)2-1-3-10-6(8)9/h4-5H,2-3,9H2,1H3,(H2,10,12)(H,11,13)(H,14,15);4H,1-3,7H2,(H,11,12)(H4,8,9,10). The first kappa shape index (κ1) is 26.3. The molecule has 13 N–H and O–H groups in total. The number of nitrogens with one attached hydrogen (secondary N) is 3. The summed E-state index contributed by atoms with van der Waals surface area (Å²) in [5, 5.41) is 28.6. The summed E-state index contributed by atoms with van der Waals surface area (Å²) in [5.41, 5.74) is 20.3. The summed E-state index contributed by atoms with van der Waals surface area (Å²) in [7, 11) is 0. The van der Waals surface area contributed by atoms with E-state index >= 15 is 0 Å². The van der Waals surface area contributed by atoms with Crippen molar-refractivity contribution in [3.8, 4) is 0 Å². The van der Waals surface area contributed by atoms with Crippen LogP contribution in [0.15, 0.2) is 0 Å². The number of carboxylic acid groups (broad SMARTS) is 2. The van der Waals surface area contributed by atoms with E-state index < -0.39 is 41.9 Å². The lowest BCUT2D eigenvalue weighted by atomic mass is 10.1. The second-order valence-corrected chi connectivity index (χ2v) is 5.62. The van der Waals surface area contributed by atoms with E-state index in [0.29, 0.717) is 19.4 Å². The third-order valence-corrected chi connectivity index (χ3v) is 3.03. The number of carboxylic acids is 2. The number of rotatable bonds is 11. The highest BCUT2D eigenvalue weighted by molar-refractivity contribution is 5.86. The van der Waals surface area contributed by atoms with E-state index in [9.17, 15) is 19.2 Å². The lowest BCUT2D eigenvalue weighted by molar-refractivity contribution is -0.142. The molecule has 0 aromatic carbocycles. The van der Waals surface area contributed by atoms with Gasteiger partial charge in [0.25, 0.3) is 0 Å². The van der Waals surface area contributed by atoms with Gasteiger partial charge in [-0.15, -0.1) is 0 Å². The number of hydrogen-bond acceptors (Lipinski definition) is 7. The second kappa shape index (κ2) is 14.3. The number of carbonyl (C=O) groups is 4. The van der Waals surface area contributed by atoms with Crippen LogP contribution in [0.2, 0.25) is 0 Å². The van der Waals surface area contributed by atoms with Crippen LogP contribution >= 0.6 is 0 Å². The average Bonchev–Trinajstić information content (AvgIpc) is 2.54. The molecule has 0 spiro atoms. The maximum Gasteiger partial charge on any atom is 0.326 e. The molecule has 13 heteroatoms. The Bertz CT molecular complexity index is 526. The van der Waals surface area contributed by atoms with Crippen molar-refractivity contribution in [1.29, 1.82) is 5.41 Å². The normalized spacial score (nSPS) is 13.1. The molecule has 0 radical (unpaired) electrons. The lowest BCUT2D eigenvalue weighted by Gasteiger charge is -2.14. The quantitative estimate of drug-likeness (QED) is 0.0968. The lowest BCUT2D eigenvalue weighted by Crippen LogP contribution is -2.47. The molecule has 0 aromatic heterocycles. The van der Waals surface area contributed by atoms with Crippen molar-refractivity contribution in [1.82, 2.24) is 10.6 Å². The van der Waals surface area contributed by atoms with Gasteiger partial charge in [-0.05, 0) is 26.2 Å². The number of primary amides is 1. The number of amides is 2. The van der Waals surface area contributed by atoms with Crippen LogP contribution in [0.3, 0.4) is 0 Å². The van der Waals surface area contributed by atoms with Crippen LogP contribution in [0.1, 0.15) is 32.6 Å². The van der Waals surface area contributed by atoms with E-state index in [1.807, 2.05) is 0 Å². The van der Waals surface area contributed by atoms with Gasteiger partial charge in [-0.3, -0.25) is 19.8 Å². The number of nitrogens with two attached hydrogens (primary N) is 4. The van der Waals surface area contributed by atoms with E-state index in [1.165, 1.54) is 6.92 Å². The zero-order chi connectivity index (χ0) is 21.6. The number of carbonyl (C=O) groups excluding carboxylic acids is 2. The Balaban J connectivity index is 0. The van der Waals surface area contributed by atoms with E-state index in [4.69, 9.17) is 38.6 Å². The van der Waals surface area contributed by atoms with Gasteiger partial charge in [0, 0.05) is 13.0 Å². The smallest absolute Gasteiger partial charge is 0.326 e.